The van der Waals surface area contributed by atoms with Crippen LogP contribution in [-0.2, 0) is 21.2 Å². The zero-order chi connectivity index (χ0) is 22.4. The first-order valence-electron chi connectivity index (χ1n) is 10.1. The van der Waals surface area contributed by atoms with Crippen molar-refractivity contribution in [3.63, 3.8) is 0 Å². The van der Waals surface area contributed by atoms with Crippen molar-refractivity contribution in [3.05, 3.63) is 83.3 Å². The SMILES string of the molecule is C=CS(=O)(=O)NCC1CCN(C(=O)c2ccc(C(Cc3ccccc3)C(N)=O)cc2)C1. The summed E-state index contributed by atoms with van der Waals surface area (Å²) in [5.74, 6) is -0.935. The van der Waals surface area contributed by atoms with Crippen LogP contribution >= 0.6 is 0 Å². The highest BCUT2D eigenvalue weighted by molar-refractivity contribution is 7.92. The Morgan fingerprint density at radius 2 is 1.84 bits per heavy atom. The molecule has 0 saturated carbocycles. The quantitative estimate of drug-likeness (QED) is 0.620. The van der Waals surface area contributed by atoms with Gasteiger partial charge in [0.05, 0.1) is 5.92 Å². The molecule has 7 nitrogen and oxygen atoms in total. The molecule has 3 rings (SSSR count). The molecule has 2 aromatic rings. The number of hydrogen-bond acceptors (Lipinski definition) is 4. The van der Waals surface area contributed by atoms with Gasteiger partial charge in [0, 0.05) is 30.6 Å². The molecule has 0 spiro atoms. The van der Waals surface area contributed by atoms with Gasteiger partial charge >= 0.3 is 0 Å². The fourth-order valence-corrected chi connectivity index (χ4v) is 4.34. The van der Waals surface area contributed by atoms with E-state index in [0.29, 0.717) is 25.1 Å². The number of likely N-dealkylation sites (tertiary alicyclic amines) is 1. The lowest BCUT2D eigenvalue weighted by Gasteiger charge is -2.18. The number of carbonyl (C=O) groups excluding carboxylic acids is 2. The summed E-state index contributed by atoms with van der Waals surface area (Å²) in [5, 5.41) is 0.879. The largest absolute Gasteiger partial charge is 0.369 e. The number of carbonyl (C=O) groups is 2. The molecule has 1 aliphatic heterocycles. The first kappa shape index (κ1) is 22.7. The predicted octanol–water partition coefficient (Wildman–Crippen LogP) is 2.02. The Hall–Kier alpha value is -2.97. The third kappa shape index (κ3) is 6.02. The van der Waals surface area contributed by atoms with Crippen LogP contribution in [0.25, 0.3) is 0 Å². The summed E-state index contributed by atoms with van der Waals surface area (Å²) in [6, 6.07) is 16.6. The maximum Gasteiger partial charge on any atom is 0.253 e. The maximum absolute atomic E-state index is 12.8. The summed E-state index contributed by atoms with van der Waals surface area (Å²) in [7, 11) is -3.47. The summed E-state index contributed by atoms with van der Waals surface area (Å²) in [6.45, 7) is 4.60. The van der Waals surface area contributed by atoms with Gasteiger partial charge in [-0.25, -0.2) is 13.1 Å². The van der Waals surface area contributed by atoms with E-state index in [1.807, 2.05) is 30.3 Å². The van der Waals surface area contributed by atoms with Gasteiger partial charge in [-0.15, -0.1) is 0 Å². The molecular formula is C23H27N3O4S. The van der Waals surface area contributed by atoms with Crippen LogP contribution in [0.15, 0.2) is 66.6 Å². The van der Waals surface area contributed by atoms with E-state index in [0.717, 1.165) is 23.0 Å². The molecule has 1 fully saturated rings. The van der Waals surface area contributed by atoms with Gasteiger partial charge in [-0.3, -0.25) is 9.59 Å². The number of primary amides is 1. The van der Waals surface area contributed by atoms with Crippen LogP contribution in [-0.4, -0.2) is 44.8 Å². The maximum atomic E-state index is 12.8. The Kier molecular flexibility index (Phi) is 7.25. The van der Waals surface area contributed by atoms with Crippen LogP contribution in [0, 0.1) is 5.92 Å². The number of rotatable bonds is 9. The fraction of sp³-hybridized carbons (Fsp3) is 0.304. The van der Waals surface area contributed by atoms with Crippen LogP contribution in [0.2, 0.25) is 0 Å². The molecule has 1 saturated heterocycles. The Bertz CT molecular complexity index is 1040. The van der Waals surface area contributed by atoms with Gasteiger partial charge in [0.2, 0.25) is 15.9 Å². The summed E-state index contributed by atoms with van der Waals surface area (Å²) in [5.41, 5.74) is 7.94. The zero-order valence-electron chi connectivity index (χ0n) is 17.2. The number of sulfonamides is 1. The van der Waals surface area contributed by atoms with Crippen LogP contribution in [0.1, 0.15) is 33.8 Å². The monoisotopic (exact) mass is 441 g/mol. The first-order valence-corrected chi connectivity index (χ1v) is 11.7. The molecule has 8 heteroatoms. The lowest BCUT2D eigenvalue weighted by atomic mass is 9.91. The smallest absolute Gasteiger partial charge is 0.253 e. The van der Waals surface area contributed by atoms with E-state index in [4.69, 9.17) is 5.73 Å². The highest BCUT2D eigenvalue weighted by Gasteiger charge is 2.28. The third-order valence-corrected chi connectivity index (χ3v) is 6.56. The van der Waals surface area contributed by atoms with E-state index in [1.54, 1.807) is 29.2 Å². The van der Waals surface area contributed by atoms with E-state index in [9.17, 15) is 18.0 Å². The summed E-state index contributed by atoms with van der Waals surface area (Å²) in [4.78, 5) is 26.6. The van der Waals surface area contributed by atoms with Crippen LogP contribution in [0.3, 0.4) is 0 Å². The standard InChI is InChI=1S/C23H27N3O4S/c1-2-31(29,30)25-15-18-12-13-26(16-18)23(28)20-10-8-19(9-11-20)21(22(24)27)14-17-6-4-3-5-7-17/h2-11,18,21,25H,1,12-16H2,(H2,24,27). The van der Waals surface area contributed by atoms with Crippen LogP contribution < -0.4 is 10.5 Å². The van der Waals surface area contributed by atoms with Crippen molar-refractivity contribution in [1.82, 2.24) is 9.62 Å². The van der Waals surface area contributed by atoms with Crippen molar-refractivity contribution < 1.29 is 18.0 Å². The van der Waals surface area contributed by atoms with E-state index < -0.39 is 21.8 Å². The Labute approximate surface area is 183 Å². The second kappa shape index (κ2) is 9.89. The average Bonchev–Trinajstić information content (AvgIpc) is 3.25. The summed E-state index contributed by atoms with van der Waals surface area (Å²) in [6.07, 6.45) is 1.22. The molecule has 3 N–H and O–H groups in total. The zero-order valence-corrected chi connectivity index (χ0v) is 18.1. The van der Waals surface area contributed by atoms with Crippen LogP contribution in [0.5, 0.6) is 0 Å². The molecule has 164 valence electrons. The molecule has 2 unspecified atom stereocenters. The third-order valence-electron chi connectivity index (χ3n) is 5.55. The number of hydrogen-bond donors (Lipinski definition) is 2. The first-order chi connectivity index (χ1) is 14.8. The van der Waals surface area contributed by atoms with Crippen molar-refractivity contribution in [1.29, 1.82) is 0 Å². The lowest BCUT2D eigenvalue weighted by molar-refractivity contribution is -0.119. The van der Waals surface area contributed by atoms with E-state index in [2.05, 4.69) is 11.3 Å². The van der Waals surface area contributed by atoms with E-state index in [-0.39, 0.29) is 18.4 Å². The average molecular weight is 442 g/mol. The molecular weight excluding hydrogens is 414 g/mol. The number of nitrogens with one attached hydrogen (secondary N) is 1. The van der Waals surface area contributed by atoms with Gasteiger partial charge in [0.1, 0.15) is 0 Å². The Morgan fingerprint density at radius 3 is 2.45 bits per heavy atom. The minimum atomic E-state index is -3.47. The van der Waals surface area contributed by atoms with Gasteiger partial charge in [-0.2, -0.15) is 0 Å². The summed E-state index contributed by atoms with van der Waals surface area (Å²) >= 11 is 0. The van der Waals surface area contributed by atoms with E-state index in [1.165, 1.54) is 0 Å². The molecule has 2 amide bonds. The van der Waals surface area contributed by atoms with Gasteiger partial charge < -0.3 is 10.6 Å². The highest BCUT2D eigenvalue weighted by atomic mass is 32.2. The molecule has 0 radical (unpaired) electrons. The number of benzene rings is 2. The second-order valence-corrected chi connectivity index (χ2v) is 9.44. The van der Waals surface area contributed by atoms with E-state index >= 15 is 0 Å². The van der Waals surface area contributed by atoms with Gasteiger partial charge in [0.25, 0.3) is 5.91 Å². The molecule has 0 aromatic heterocycles. The second-order valence-electron chi connectivity index (χ2n) is 7.73. The van der Waals surface area contributed by atoms with Gasteiger partial charge in [-0.1, -0.05) is 49.0 Å². The minimum absolute atomic E-state index is 0.0584. The highest BCUT2D eigenvalue weighted by Crippen LogP contribution is 2.23. The molecule has 0 aliphatic carbocycles. The number of amides is 2. The van der Waals surface area contributed by atoms with Crippen LogP contribution in [0.4, 0.5) is 0 Å². The molecule has 2 atom stereocenters. The molecule has 1 aliphatic rings. The van der Waals surface area contributed by atoms with Crippen molar-refractivity contribution in [3.8, 4) is 0 Å². The van der Waals surface area contributed by atoms with Crippen molar-refractivity contribution in [2.75, 3.05) is 19.6 Å². The predicted molar refractivity (Wildman–Crippen MR) is 120 cm³/mol. The summed E-state index contributed by atoms with van der Waals surface area (Å²) < 4.78 is 25.5. The van der Waals surface area contributed by atoms with Gasteiger partial charge in [-0.05, 0) is 42.0 Å². The number of nitrogens with zero attached hydrogens (tertiary/aromatic N) is 1. The van der Waals surface area contributed by atoms with Crippen molar-refractivity contribution >= 4 is 21.8 Å². The fourth-order valence-electron chi connectivity index (χ4n) is 3.75. The minimum Gasteiger partial charge on any atom is -0.369 e. The lowest BCUT2D eigenvalue weighted by Crippen LogP contribution is -2.32. The van der Waals surface area contributed by atoms with Gasteiger partial charge in [0.15, 0.2) is 0 Å². The Morgan fingerprint density at radius 1 is 1.16 bits per heavy atom. The molecule has 1 heterocycles. The topological polar surface area (TPSA) is 110 Å². The normalized spacial score (nSPS) is 17.3. The van der Waals surface area contributed by atoms with Crippen molar-refractivity contribution in [2.24, 2.45) is 11.7 Å². The molecule has 0 bridgehead atoms. The molecule has 31 heavy (non-hydrogen) atoms. The molecule has 2 aromatic carbocycles. The number of nitrogens with two attached hydrogens (primary N) is 1. The Balaban J connectivity index is 1.63. The van der Waals surface area contributed by atoms with Crippen molar-refractivity contribution in [2.45, 2.75) is 18.8 Å².